The zero-order valence-electron chi connectivity index (χ0n) is 9.53. The molecule has 2 heterocycles. The Morgan fingerprint density at radius 1 is 1.50 bits per heavy atom. The first-order valence-electron chi connectivity index (χ1n) is 5.44. The number of aliphatic hydroxyl groups excluding tert-OH is 1. The van der Waals surface area contributed by atoms with Crippen LogP contribution in [0.1, 0.15) is 31.0 Å². The standard InChI is InChI=1S/C12H16N2OS/c1-8(2)11-10(3-5-15)12(14-13-11)9-4-6-16-7-9/h4,6-8,15H,3,5H2,1-2H3,(H,13,14). The quantitative estimate of drug-likeness (QED) is 0.857. The van der Waals surface area contributed by atoms with Crippen molar-refractivity contribution >= 4 is 11.3 Å². The lowest BCUT2D eigenvalue weighted by molar-refractivity contribution is 0.299. The van der Waals surface area contributed by atoms with Gasteiger partial charge in [0.05, 0.1) is 5.69 Å². The van der Waals surface area contributed by atoms with Gasteiger partial charge in [-0.05, 0) is 23.8 Å². The van der Waals surface area contributed by atoms with E-state index in [0.29, 0.717) is 12.3 Å². The van der Waals surface area contributed by atoms with Gasteiger partial charge in [-0.3, -0.25) is 5.10 Å². The molecule has 0 aliphatic heterocycles. The molecule has 0 saturated heterocycles. The third-order valence-electron chi connectivity index (χ3n) is 2.63. The number of aliphatic hydroxyl groups is 1. The Morgan fingerprint density at radius 2 is 2.31 bits per heavy atom. The molecule has 86 valence electrons. The third-order valence-corrected chi connectivity index (χ3v) is 3.32. The summed E-state index contributed by atoms with van der Waals surface area (Å²) in [5.74, 6) is 0.404. The Bertz CT molecular complexity index is 446. The van der Waals surface area contributed by atoms with Crippen LogP contribution in [0.15, 0.2) is 16.8 Å². The number of hydrogen-bond acceptors (Lipinski definition) is 3. The summed E-state index contributed by atoms with van der Waals surface area (Å²) in [6, 6.07) is 2.06. The molecule has 0 amide bonds. The maximum Gasteiger partial charge on any atom is 0.0964 e. The van der Waals surface area contributed by atoms with Gasteiger partial charge < -0.3 is 5.11 Å². The van der Waals surface area contributed by atoms with Gasteiger partial charge in [0.15, 0.2) is 0 Å². The van der Waals surface area contributed by atoms with Gasteiger partial charge >= 0.3 is 0 Å². The highest BCUT2D eigenvalue weighted by atomic mass is 32.1. The van der Waals surface area contributed by atoms with Crippen LogP contribution in [0.25, 0.3) is 11.3 Å². The summed E-state index contributed by atoms with van der Waals surface area (Å²) in [6.45, 7) is 4.42. The summed E-state index contributed by atoms with van der Waals surface area (Å²) < 4.78 is 0. The van der Waals surface area contributed by atoms with Crippen LogP contribution < -0.4 is 0 Å². The van der Waals surface area contributed by atoms with Gasteiger partial charge in [0.25, 0.3) is 0 Å². The molecule has 16 heavy (non-hydrogen) atoms. The van der Waals surface area contributed by atoms with E-state index < -0.39 is 0 Å². The van der Waals surface area contributed by atoms with Gasteiger partial charge in [0.2, 0.25) is 0 Å². The summed E-state index contributed by atoms with van der Waals surface area (Å²) in [4.78, 5) is 0. The minimum absolute atomic E-state index is 0.163. The number of H-pyrrole nitrogens is 1. The van der Waals surface area contributed by atoms with Gasteiger partial charge in [-0.1, -0.05) is 13.8 Å². The van der Waals surface area contributed by atoms with Gasteiger partial charge in [-0.15, -0.1) is 0 Å². The number of aromatic amines is 1. The highest BCUT2D eigenvalue weighted by Gasteiger charge is 2.16. The number of thiophene rings is 1. The fraction of sp³-hybridized carbons (Fsp3) is 0.417. The number of hydrogen-bond donors (Lipinski definition) is 2. The molecule has 2 rings (SSSR count). The Kier molecular flexibility index (Phi) is 3.41. The molecule has 0 aromatic carbocycles. The van der Waals surface area contributed by atoms with E-state index in [1.807, 2.05) is 5.38 Å². The summed E-state index contributed by atoms with van der Waals surface area (Å²) >= 11 is 1.66. The summed E-state index contributed by atoms with van der Waals surface area (Å²) in [6.07, 6.45) is 0.662. The molecule has 0 spiro atoms. The zero-order valence-corrected chi connectivity index (χ0v) is 10.3. The highest BCUT2D eigenvalue weighted by molar-refractivity contribution is 7.08. The van der Waals surface area contributed by atoms with E-state index in [4.69, 9.17) is 5.11 Å². The first kappa shape index (κ1) is 11.4. The van der Waals surface area contributed by atoms with Gasteiger partial charge in [-0.25, -0.2) is 0 Å². The summed E-state index contributed by atoms with van der Waals surface area (Å²) in [7, 11) is 0. The fourth-order valence-electron chi connectivity index (χ4n) is 1.86. The van der Waals surface area contributed by atoms with Crippen molar-refractivity contribution in [2.75, 3.05) is 6.61 Å². The van der Waals surface area contributed by atoms with Gasteiger partial charge in [-0.2, -0.15) is 16.4 Å². The Balaban J connectivity index is 2.46. The summed E-state index contributed by atoms with van der Waals surface area (Å²) in [5.41, 5.74) is 4.40. The van der Waals surface area contributed by atoms with E-state index in [9.17, 15) is 0 Å². The number of rotatable bonds is 4. The van der Waals surface area contributed by atoms with E-state index in [1.54, 1.807) is 11.3 Å². The molecular formula is C12H16N2OS. The maximum atomic E-state index is 9.13. The van der Waals surface area contributed by atoms with Gasteiger partial charge in [0, 0.05) is 28.8 Å². The van der Waals surface area contributed by atoms with Crippen LogP contribution >= 0.6 is 11.3 Å². The van der Waals surface area contributed by atoms with Crippen LogP contribution in [-0.4, -0.2) is 21.9 Å². The van der Waals surface area contributed by atoms with E-state index in [0.717, 1.165) is 22.5 Å². The predicted octanol–water partition coefficient (Wildman–Crippen LogP) is 2.80. The number of nitrogens with one attached hydrogen (secondary N) is 1. The first-order valence-corrected chi connectivity index (χ1v) is 6.39. The van der Waals surface area contributed by atoms with Crippen LogP contribution in [0.4, 0.5) is 0 Å². The molecule has 2 aromatic heterocycles. The average molecular weight is 236 g/mol. The Morgan fingerprint density at radius 3 is 2.88 bits per heavy atom. The molecular weight excluding hydrogens is 220 g/mol. The van der Waals surface area contributed by atoms with Crippen molar-refractivity contribution in [3.05, 3.63) is 28.1 Å². The smallest absolute Gasteiger partial charge is 0.0964 e. The number of nitrogens with zero attached hydrogens (tertiary/aromatic N) is 1. The van der Waals surface area contributed by atoms with Crippen LogP contribution in [0.2, 0.25) is 0 Å². The molecule has 2 aromatic rings. The van der Waals surface area contributed by atoms with Gasteiger partial charge in [0.1, 0.15) is 0 Å². The molecule has 0 atom stereocenters. The molecule has 2 N–H and O–H groups in total. The molecule has 0 aliphatic carbocycles. The van der Waals surface area contributed by atoms with Crippen LogP contribution in [0.3, 0.4) is 0 Å². The second-order valence-electron chi connectivity index (χ2n) is 4.10. The molecule has 0 fully saturated rings. The monoisotopic (exact) mass is 236 g/mol. The lowest BCUT2D eigenvalue weighted by Crippen LogP contribution is -1.98. The first-order chi connectivity index (χ1) is 7.74. The Labute approximate surface area is 99.1 Å². The van der Waals surface area contributed by atoms with Crippen molar-refractivity contribution in [1.29, 1.82) is 0 Å². The lowest BCUT2D eigenvalue weighted by Gasteiger charge is -2.06. The maximum absolute atomic E-state index is 9.13. The molecule has 0 aliphatic rings. The lowest BCUT2D eigenvalue weighted by atomic mass is 9.99. The van der Waals surface area contributed by atoms with E-state index in [-0.39, 0.29) is 6.61 Å². The Hall–Kier alpha value is -1.13. The predicted molar refractivity (Wildman–Crippen MR) is 66.8 cm³/mol. The molecule has 4 heteroatoms. The topological polar surface area (TPSA) is 48.9 Å². The minimum Gasteiger partial charge on any atom is -0.396 e. The molecule has 3 nitrogen and oxygen atoms in total. The van der Waals surface area contributed by atoms with E-state index >= 15 is 0 Å². The molecule has 0 unspecified atom stereocenters. The van der Waals surface area contributed by atoms with Crippen molar-refractivity contribution in [2.45, 2.75) is 26.2 Å². The van der Waals surface area contributed by atoms with Crippen molar-refractivity contribution in [3.8, 4) is 11.3 Å². The van der Waals surface area contributed by atoms with Crippen molar-refractivity contribution in [2.24, 2.45) is 0 Å². The van der Waals surface area contributed by atoms with Crippen LogP contribution in [-0.2, 0) is 6.42 Å². The van der Waals surface area contributed by atoms with Crippen LogP contribution in [0.5, 0.6) is 0 Å². The van der Waals surface area contributed by atoms with Crippen molar-refractivity contribution in [1.82, 2.24) is 10.2 Å². The minimum atomic E-state index is 0.163. The van der Waals surface area contributed by atoms with Crippen molar-refractivity contribution < 1.29 is 5.11 Å². The normalized spacial score (nSPS) is 11.2. The van der Waals surface area contributed by atoms with Crippen LogP contribution in [0, 0.1) is 0 Å². The zero-order chi connectivity index (χ0) is 11.5. The second-order valence-corrected chi connectivity index (χ2v) is 4.88. The highest BCUT2D eigenvalue weighted by Crippen LogP contribution is 2.29. The molecule has 0 saturated carbocycles. The van der Waals surface area contributed by atoms with Crippen molar-refractivity contribution in [3.63, 3.8) is 0 Å². The summed E-state index contributed by atoms with van der Waals surface area (Å²) in [5, 5.41) is 20.7. The van der Waals surface area contributed by atoms with E-state index in [2.05, 4.69) is 35.5 Å². The number of aromatic nitrogens is 2. The molecule has 0 bridgehead atoms. The third kappa shape index (κ3) is 2.03. The van der Waals surface area contributed by atoms with E-state index in [1.165, 1.54) is 0 Å². The largest absolute Gasteiger partial charge is 0.396 e. The second kappa shape index (κ2) is 4.80. The molecule has 0 radical (unpaired) electrons. The fourth-order valence-corrected chi connectivity index (χ4v) is 2.50. The SMILES string of the molecule is CC(C)c1[nH]nc(-c2ccsc2)c1CCO. The average Bonchev–Trinajstić information content (AvgIpc) is 2.84.